The van der Waals surface area contributed by atoms with Crippen molar-refractivity contribution in [2.45, 2.75) is 31.8 Å². The van der Waals surface area contributed by atoms with Crippen molar-refractivity contribution in [3.63, 3.8) is 0 Å². The fraction of sp³-hybridized carbons (Fsp3) is 0.556. The Morgan fingerprint density at radius 3 is 2.56 bits per heavy atom. The summed E-state index contributed by atoms with van der Waals surface area (Å²) in [4.78, 5) is 28.8. The molecule has 2 amide bonds. The molecule has 3 fully saturated rings. The van der Waals surface area contributed by atoms with E-state index in [1.807, 2.05) is 35.2 Å². The summed E-state index contributed by atoms with van der Waals surface area (Å²) in [5.41, 5.74) is 1.08. The van der Waals surface area contributed by atoms with Crippen LogP contribution >= 0.6 is 0 Å². The van der Waals surface area contributed by atoms with E-state index in [-0.39, 0.29) is 35.9 Å². The molecule has 0 spiro atoms. The van der Waals surface area contributed by atoms with Gasteiger partial charge in [0.1, 0.15) is 9.84 Å². The third-order valence-corrected chi connectivity index (χ3v) is 5.97. The maximum Gasteiger partial charge on any atom is 0.228 e. The lowest BCUT2D eigenvalue weighted by Gasteiger charge is -2.36. The third kappa shape index (κ3) is 4.39. The van der Waals surface area contributed by atoms with Gasteiger partial charge in [-0.3, -0.25) is 9.59 Å². The molecule has 1 aromatic rings. The van der Waals surface area contributed by atoms with E-state index in [1.54, 1.807) is 4.90 Å². The molecule has 0 radical (unpaired) electrons. The molecule has 0 aliphatic carbocycles. The lowest BCUT2D eigenvalue weighted by atomic mass is 9.93. The van der Waals surface area contributed by atoms with E-state index in [2.05, 4.69) is 0 Å². The number of hydrogen-bond donors (Lipinski definition) is 0. The van der Waals surface area contributed by atoms with E-state index < -0.39 is 9.84 Å². The van der Waals surface area contributed by atoms with Crippen LogP contribution in [0.25, 0.3) is 0 Å². The first kappa shape index (κ1) is 17.9. The summed E-state index contributed by atoms with van der Waals surface area (Å²) in [5.74, 6) is -0.376. The van der Waals surface area contributed by atoms with Crippen molar-refractivity contribution in [3.8, 4) is 0 Å². The van der Waals surface area contributed by atoms with Crippen molar-refractivity contribution < 1.29 is 18.0 Å². The summed E-state index contributed by atoms with van der Waals surface area (Å²) in [7, 11) is -3.17. The molecule has 6 nitrogen and oxygen atoms in total. The van der Waals surface area contributed by atoms with Crippen molar-refractivity contribution in [1.82, 2.24) is 9.80 Å². The molecular formula is C18H24N2O4S. The average Bonchev–Trinajstić information content (AvgIpc) is 2.86. The van der Waals surface area contributed by atoms with Gasteiger partial charge in [0.2, 0.25) is 11.8 Å². The molecule has 4 rings (SSSR count). The predicted molar refractivity (Wildman–Crippen MR) is 94.4 cm³/mol. The second-order valence-corrected chi connectivity index (χ2v) is 9.32. The van der Waals surface area contributed by atoms with E-state index in [1.165, 1.54) is 0 Å². The molecule has 0 saturated carbocycles. The molecule has 25 heavy (non-hydrogen) atoms. The van der Waals surface area contributed by atoms with Crippen molar-refractivity contribution in [2.24, 2.45) is 5.92 Å². The zero-order valence-corrected chi connectivity index (χ0v) is 15.2. The molecule has 3 heterocycles. The van der Waals surface area contributed by atoms with Gasteiger partial charge in [0.05, 0.1) is 11.7 Å². The van der Waals surface area contributed by atoms with Gasteiger partial charge in [-0.25, -0.2) is 8.42 Å². The van der Waals surface area contributed by atoms with Gasteiger partial charge >= 0.3 is 0 Å². The maximum atomic E-state index is 12.8. The monoisotopic (exact) mass is 364 g/mol. The number of fused-ring (bicyclic) bond motifs is 4. The standard InChI is InChI=1S/C18H24N2O4S/c1-25(23,24)10-9-17(21)19-12-15-7-8-16(13-19)20(18(15)22)11-14-5-3-2-4-6-14/h2-6,15-16H,7-13H2,1H3/t15-,16+/m1/s1. The first-order valence-electron chi connectivity index (χ1n) is 8.63. The van der Waals surface area contributed by atoms with Crippen LogP contribution in [-0.2, 0) is 26.0 Å². The summed E-state index contributed by atoms with van der Waals surface area (Å²) in [5, 5.41) is 0. The van der Waals surface area contributed by atoms with Gasteiger partial charge in [-0.2, -0.15) is 0 Å². The summed E-state index contributed by atoms with van der Waals surface area (Å²) < 4.78 is 22.6. The minimum atomic E-state index is -3.17. The topological polar surface area (TPSA) is 74.8 Å². The van der Waals surface area contributed by atoms with Crippen LogP contribution in [0.15, 0.2) is 30.3 Å². The second-order valence-electron chi connectivity index (χ2n) is 7.06. The van der Waals surface area contributed by atoms with Crippen LogP contribution in [0.4, 0.5) is 0 Å². The van der Waals surface area contributed by atoms with Gasteiger partial charge in [-0.05, 0) is 18.4 Å². The Morgan fingerprint density at radius 1 is 1.16 bits per heavy atom. The number of carbonyl (C=O) groups excluding carboxylic acids is 2. The molecule has 3 aliphatic heterocycles. The zero-order valence-electron chi connectivity index (χ0n) is 14.4. The highest BCUT2D eigenvalue weighted by Gasteiger charge is 2.41. The summed E-state index contributed by atoms with van der Waals surface area (Å²) >= 11 is 0. The number of benzene rings is 1. The number of hydrogen-bond acceptors (Lipinski definition) is 4. The molecule has 2 atom stereocenters. The first-order chi connectivity index (χ1) is 11.8. The molecule has 1 aromatic carbocycles. The molecular weight excluding hydrogens is 340 g/mol. The molecule has 0 N–H and O–H groups in total. The van der Waals surface area contributed by atoms with Gasteiger partial charge in [-0.15, -0.1) is 0 Å². The lowest BCUT2D eigenvalue weighted by Crippen LogP contribution is -2.47. The smallest absolute Gasteiger partial charge is 0.228 e. The van der Waals surface area contributed by atoms with Crippen LogP contribution in [0.3, 0.4) is 0 Å². The van der Waals surface area contributed by atoms with Crippen molar-refractivity contribution >= 4 is 21.7 Å². The first-order valence-corrected chi connectivity index (χ1v) is 10.7. The fourth-order valence-corrected chi connectivity index (χ4v) is 4.21. The quantitative estimate of drug-likeness (QED) is 0.783. The fourth-order valence-electron chi connectivity index (χ4n) is 3.66. The van der Waals surface area contributed by atoms with Crippen LogP contribution in [0, 0.1) is 5.92 Å². The van der Waals surface area contributed by atoms with Crippen molar-refractivity contribution in [2.75, 3.05) is 25.1 Å². The highest BCUT2D eigenvalue weighted by atomic mass is 32.2. The van der Waals surface area contributed by atoms with E-state index in [0.29, 0.717) is 19.6 Å². The minimum absolute atomic E-state index is 0.00800. The van der Waals surface area contributed by atoms with Crippen LogP contribution in [0.1, 0.15) is 24.8 Å². The number of piperidine rings is 1. The van der Waals surface area contributed by atoms with E-state index in [9.17, 15) is 18.0 Å². The number of amides is 2. The Morgan fingerprint density at radius 2 is 1.88 bits per heavy atom. The Kier molecular flexibility index (Phi) is 5.13. The van der Waals surface area contributed by atoms with Gasteiger partial charge < -0.3 is 9.80 Å². The predicted octanol–water partition coefficient (Wildman–Crippen LogP) is 1.07. The Bertz CT molecular complexity index is 748. The largest absolute Gasteiger partial charge is 0.340 e. The van der Waals surface area contributed by atoms with Gasteiger partial charge in [0.25, 0.3) is 0 Å². The van der Waals surface area contributed by atoms with Crippen molar-refractivity contribution in [3.05, 3.63) is 35.9 Å². The van der Waals surface area contributed by atoms with Gasteiger partial charge in [-0.1, -0.05) is 30.3 Å². The SMILES string of the molecule is CS(=O)(=O)CCC(=O)N1C[C@H]2CC[C@@H](C1)N(Cc1ccccc1)C2=O. The number of sulfone groups is 1. The lowest BCUT2D eigenvalue weighted by molar-refractivity contribution is -0.140. The van der Waals surface area contributed by atoms with Crippen LogP contribution in [0.2, 0.25) is 0 Å². The van der Waals surface area contributed by atoms with Crippen molar-refractivity contribution in [1.29, 1.82) is 0 Å². The Labute approximate surface area is 148 Å². The molecule has 0 unspecified atom stereocenters. The highest BCUT2D eigenvalue weighted by molar-refractivity contribution is 7.90. The Hall–Kier alpha value is -1.89. The van der Waals surface area contributed by atoms with Crippen LogP contribution in [-0.4, -0.2) is 61.2 Å². The van der Waals surface area contributed by atoms with Gasteiger partial charge in [0, 0.05) is 38.4 Å². The number of carbonyl (C=O) groups is 2. The number of nitrogens with zero attached hydrogens (tertiary/aromatic N) is 2. The van der Waals surface area contributed by atoms with Crippen LogP contribution in [0.5, 0.6) is 0 Å². The summed E-state index contributed by atoms with van der Waals surface area (Å²) in [6.45, 7) is 1.47. The second kappa shape index (κ2) is 7.15. The summed E-state index contributed by atoms with van der Waals surface area (Å²) in [6.07, 6.45) is 2.81. The molecule has 3 saturated heterocycles. The third-order valence-electron chi connectivity index (χ3n) is 5.03. The van der Waals surface area contributed by atoms with E-state index in [4.69, 9.17) is 0 Å². The Balaban J connectivity index is 1.71. The average molecular weight is 364 g/mol. The molecule has 3 aliphatic rings. The maximum absolute atomic E-state index is 12.8. The zero-order chi connectivity index (χ0) is 18.0. The van der Waals surface area contributed by atoms with Crippen LogP contribution < -0.4 is 0 Å². The minimum Gasteiger partial charge on any atom is -0.340 e. The normalized spacial score (nSPS) is 23.6. The van der Waals surface area contributed by atoms with E-state index >= 15 is 0 Å². The summed E-state index contributed by atoms with van der Waals surface area (Å²) in [6, 6.07) is 9.87. The molecule has 136 valence electrons. The van der Waals surface area contributed by atoms with Gasteiger partial charge in [0.15, 0.2) is 0 Å². The molecule has 0 aromatic heterocycles. The molecule has 7 heteroatoms. The number of rotatable bonds is 5. The highest BCUT2D eigenvalue weighted by Crippen LogP contribution is 2.30. The van der Waals surface area contributed by atoms with E-state index in [0.717, 1.165) is 24.7 Å². The molecule has 2 bridgehead atoms.